The number of carbonyl (C=O) groups is 1. The molecule has 4 nitrogen and oxygen atoms in total. The van der Waals surface area contributed by atoms with Crippen molar-refractivity contribution in [2.45, 2.75) is 33.2 Å². The van der Waals surface area contributed by atoms with Crippen LogP contribution in [0.4, 0.5) is 5.69 Å². The van der Waals surface area contributed by atoms with Crippen LogP contribution in [0.1, 0.15) is 34.8 Å². The van der Waals surface area contributed by atoms with Gasteiger partial charge in [-0.2, -0.15) is 0 Å². The Morgan fingerprint density at radius 3 is 2.62 bits per heavy atom. The van der Waals surface area contributed by atoms with E-state index < -0.39 is 0 Å². The van der Waals surface area contributed by atoms with E-state index in [1.54, 1.807) is 11.3 Å². The molecule has 0 bridgehead atoms. The topological polar surface area (TPSA) is 36.4 Å². The van der Waals surface area contributed by atoms with Crippen LogP contribution in [0.5, 0.6) is 0 Å². The molecule has 1 aromatic heterocycles. The summed E-state index contributed by atoms with van der Waals surface area (Å²) in [6.07, 6.45) is 0.952. The summed E-state index contributed by atoms with van der Waals surface area (Å²) in [6.45, 7) is 8.76. The summed E-state index contributed by atoms with van der Waals surface area (Å²) < 4.78 is 0. The van der Waals surface area contributed by atoms with Crippen LogP contribution in [0.3, 0.4) is 0 Å². The number of hydrogen-bond donors (Lipinski definition) is 0. The van der Waals surface area contributed by atoms with Crippen LogP contribution in [0.2, 0.25) is 0 Å². The predicted molar refractivity (Wildman–Crippen MR) is 121 cm³/mol. The number of amides is 1. The Bertz CT molecular complexity index is 995. The molecule has 29 heavy (non-hydrogen) atoms. The number of anilines is 1. The normalized spacial score (nSPS) is 16.9. The van der Waals surface area contributed by atoms with Crippen LogP contribution in [-0.4, -0.2) is 41.5 Å². The highest BCUT2D eigenvalue weighted by molar-refractivity contribution is 7.09. The van der Waals surface area contributed by atoms with Crippen LogP contribution < -0.4 is 4.90 Å². The molecule has 2 heterocycles. The average molecular weight is 406 g/mol. The minimum atomic E-state index is 0.111. The Kier molecular flexibility index (Phi) is 5.67. The van der Waals surface area contributed by atoms with Gasteiger partial charge in [-0.1, -0.05) is 31.2 Å². The number of aromatic nitrogens is 1. The highest BCUT2D eigenvalue weighted by Gasteiger charge is 2.27. The monoisotopic (exact) mass is 405 g/mol. The molecular formula is C24H27N3OS. The van der Waals surface area contributed by atoms with E-state index in [4.69, 9.17) is 0 Å². The Morgan fingerprint density at radius 2 is 1.97 bits per heavy atom. The first kappa shape index (κ1) is 19.6. The lowest BCUT2D eigenvalue weighted by molar-refractivity contribution is 0.0726. The van der Waals surface area contributed by atoms with Gasteiger partial charge in [-0.15, -0.1) is 11.3 Å². The molecule has 0 aliphatic carbocycles. The lowest BCUT2D eigenvalue weighted by Gasteiger charge is -2.41. The van der Waals surface area contributed by atoms with Crippen molar-refractivity contribution in [1.29, 1.82) is 0 Å². The summed E-state index contributed by atoms with van der Waals surface area (Å²) in [7, 11) is 0. The maximum atomic E-state index is 13.0. The number of piperazine rings is 1. The van der Waals surface area contributed by atoms with Crippen molar-refractivity contribution >= 4 is 22.9 Å². The number of rotatable bonds is 4. The zero-order valence-electron chi connectivity index (χ0n) is 17.3. The molecule has 0 N–H and O–H groups in total. The second-order valence-corrected chi connectivity index (χ2v) is 8.63. The lowest BCUT2D eigenvalue weighted by atomic mass is 10.1. The summed E-state index contributed by atoms with van der Waals surface area (Å²) in [5, 5.41) is 3.22. The standard InChI is InChI=1S/C24H27N3OS/c1-4-23-25-22(16-29-23)19-8-10-20(11-9-19)24(28)26-12-13-27(18(3)15-26)21-7-5-6-17(2)14-21/h5-11,14,16,18H,4,12-13,15H2,1-3H3/t18-/m0/s1. The molecule has 2 aromatic carbocycles. The van der Waals surface area contributed by atoms with Gasteiger partial charge in [0, 0.05) is 47.9 Å². The Hall–Kier alpha value is -2.66. The summed E-state index contributed by atoms with van der Waals surface area (Å²) in [6, 6.07) is 16.8. The van der Waals surface area contributed by atoms with E-state index in [9.17, 15) is 4.79 Å². The zero-order chi connectivity index (χ0) is 20.4. The predicted octanol–water partition coefficient (Wildman–Crippen LogP) is 5.03. The van der Waals surface area contributed by atoms with Crippen molar-refractivity contribution in [3.05, 3.63) is 70.0 Å². The minimum Gasteiger partial charge on any atom is -0.365 e. The molecule has 1 aliphatic heterocycles. The number of carbonyl (C=O) groups excluding carboxylic acids is 1. The van der Waals surface area contributed by atoms with Crippen molar-refractivity contribution in [2.24, 2.45) is 0 Å². The second-order valence-electron chi connectivity index (χ2n) is 7.69. The fraction of sp³-hybridized carbons (Fsp3) is 0.333. The molecule has 1 fully saturated rings. The van der Waals surface area contributed by atoms with Gasteiger partial charge in [0.25, 0.3) is 5.91 Å². The molecule has 1 atom stereocenters. The van der Waals surface area contributed by atoms with E-state index in [0.29, 0.717) is 0 Å². The molecule has 0 spiro atoms. The fourth-order valence-electron chi connectivity index (χ4n) is 3.90. The molecule has 0 radical (unpaired) electrons. The number of aryl methyl sites for hydroxylation is 2. The third kappa shape index (κ3) is 4.20. The Balaban J connectivity index is 1.43. The average Bonchev–Trinajstić information content (AvgIpc) is 3.22. The van der Waals surface area contributed by atoms with E-state index in [-0.39, 0.29) is 11.9 Å². The molecule has 0 saturated carbocycles. The summed E-state index contributed by atoms with van der Waals surface area (Å²) in [5.41, 5.74) is 5.31. The van der Waals surface area contributed by atoms with Gasteiger partial charge in [0.2, 0.25) is 0 Å². The first-order valence-corrected chi connectivity index (χ1v) is 11.1. The van der Waals surface area contributed by atoms with Crippen LogP contribution in [0, 0.1) is 6.92 Å². The number of hydrogen-bond acceptors (Lipinski definition) is 4. The van der Waals surface area contributed by atoms with E-state index in [1.807, 2.05) is 29.2 Å². The number of thiazole rings is 1. The molecule has 150 valence electrons. The van der Waals surface area contributed by atoms with E-state index in [1.165, 1.54) is 11.3 Å². The van der Waals surface area contributed by atoms with Crippen LogP contribution in [-0.2, 0) is 6.42 Å². The molecular weight excluding hydrogens is 378 g/mol. The summed E-state index contributed by atoms with van der Waals surface area (Å²) in [5.74, 6) is 0.111. The van der Waals surface area contributed by atoms with Crippen molar-refractivity contribution in [1.82, 2.24) is 9.88 Å². The fourth-order valence-corrected chi connectivity index (χ4v) is 4.66. The van der Waals surface area contributed by atoms with Crippen molar-refractivity contribution in [3.63, 3.8) is 0 Å². The molecule has 1 amide bonds. The van der Waals surface area contributed by atoms with Crippen LogP contribution >= 0.6 is 11.3 Å². The van der Waals surface area contributed by atoms with Crippen molar-refractivity contribution in [3.8, 4) is 11.3 Å². The van der Waals surface area contributed by atoms with Gasteiger partial charge in [0.05, 0.1) is 10.7 Å². The van der Waals surface area contributed by atoms with Crippen molar-refractivity contribution < 1.29 is 4.79 Å². The lowest BCUT2D eigenvalue weighted by Crippen LogP contribution is -2.53. The molecule has 3 aromatic rings. The van der Waals surface area contributed by atoms with E-state index >= 15 is 0 Å². The van der Waals surface area contributed by atoms with E-state index in [2.05, 4.69) is 60.3 Å². The highest BCUT2D eigenvalue weighted by atomic mass is 32.1. The quantitative estimate of drug-likeness (QED) is 0.611. The SMILES string of the molecule is CCc1nc(-c2ccc(C(=O)N3CCN(c4cccc(C)c4)[C@@H](C)C3)cc2)cs1. The van der Waals surface area contributed by atoms with Crippen LogP contribution in [0.25, 0.3) is 11.3 Å². The largest absolute Gasteiger partial charge is 0.365 e. The Morgan fingerprint density at radius 1 is 1.17 bits per heavy atom. The van der Waals surface area contributed by atoms with Gasteiger partial charge >= 0.3 is 0 Å². The molecule has 5 heteroatoms. The van der Waals surface area contributed by atoms with Gasteiger partial charge < -0.3 is 9.80 Å². The summed E-state index contributed by atoms with van der Waals surface area (Å²) >= 11 is 1.69. The molecule has 1 aliphatic rings. The Labute approximate surface area is 176 Å². The van der Waals surface area contributed by atoms with E-state index in [0.717, 1.165) is 47.9 Å². The number of nitrogens with zero attached hydrogens (tertiary/aromatic N) is 3. The third-order valence-corrected chi connectivity index (χ3v) is 6.52. The highest BCUT2D eigenvalue weighted by Crippen LogP contribution is 2.25. The van der Waals surface area contributed by atoms with Gasteiger partial charge in [0.1, 0.15) is 0 Å². The summed E-state index contributed by atoms with van der Waals surface area (Å²) in [4.78, 5) is 22.0. The van der Waals surface area contributed by atoms with Gasteiger partial charge in [-0.25, -0.2) is 4.98 Å². The van der Waals surface area contributed by atoms with Crippen molar-refractivity contribution in [2.75, 3.05) is 24.5 Å². The molecule has 1 saturated heterocycles. The zero-order valence-corrected chi connectivity index (χ0v) is 18.1. The van der Waals surface area contributed by atoms with Gasteiger partial charge in [-0.05, 0) is 50.1 Å². The van der Waals surface area contributed by atoms with Crippen LogP contribution in [0.15, 0.2) is 53.9 Å². The maximum absolute atomic E-state index is 13.0. The number of benzene rings is 2. The third-order valence-electron chi connectivity index (χ3n) is 5.53. The molecule has 0 unspecified atom stereocenters. The minimum absolute atomic E-state index is 0.111. The second kappa shape index (κ2) is 8.37. The molecule has 4 rings (SSSR count). The van der Waals surface area contributed by atoms with Gasteiger partial charge in [-0.3, -0.25) is 4.79 Å². The van der Waals surface area contributed by atoms with Gasteiger partial charge in [0.15, 0.2) is 0 Å². The maximum Gasteiger partial charge on any atom is 0.253 e. The first-order valence-electron chi connectivity index (χ1n) is 10.2. The first-order chi connectivity index (χ1) is 14.0. The smallest absolute Gasteiger partial charge is 0.253 e.